The first kappa shape index (κ1) is 11.5. The summed E-state index contributed by atoms with van der Waals surface area (Å²) in [6.07, 6.45) is 2.70. The summed E-state index contributed by atoms with van der Waals surface area (Å²) in [4.78, 5) is 13.9. The number of benzene rings is 1. The van der Waals surface area contributed by atoms with Crippen LogP contribution in [0.1, 0.15) is 31.4 Å². The molecule has 1 fully saturated rings. The zero-order chi connectivity index (χ0) is 12.7. The molecular formula is C14H19N3O. The number of nitrogens with zero attached hydrogens (tertiary/aromatic N) is 1. The number of hydrogen-bond donors (Lipinski definition) is 2. The van der Waals surface area contributed by atoms with Crippen LogP contribution in [0.5, 0.6) is 0 Å². The lowest BCUT2D eigenvalue weighted by molar-refractivity contribution is -0.116. The van der Waals surface area contributed by atoms with E-state index in [0.29, 0.717) is 0 Å². The van der Waals surface area contributed by atoms with E-state index in [1.807, 2.05) is 12.1 Å². The molecule has 3 rings (SSSR count). The standard InChI is InChI=1S/C14H19N3O/c1-2-17(8-9-3-4-9)10-5-6-11-12(7-10)16-14(18)13(11)15/h5-7,9,13H,2-4,8,15H2,1H3,(H,16,18). The van der Waals surface area contributed by atoms with E-state index in [1.165, 1.54) is 18.5 Å². The lowest BCUT2D eigenvalue weighted by Gasteiger charge is -2.23. The fourth-order valence-corrected chi connectivity index (χ4v) is 2.50. The largest absolute Gasteiger partial charge is 0.371 e. The van der Waals surface area contributed by atoms with Crippen LogP contribution >= 0.6 is 0 Å². The maximum absolute atomic E-state index is 11.5. The monoisotopic (exact) mass is 245 g/mol. The Morgan fingerprint density at radius 1 is 1.44 bits per heavy atom. The highest BCUT2D eigenvalue weighted by Gasteiger charge is 2.28. The molecule has 0 saturated heterocycles. The van der Waals surface area contributed by atoms with Crippen molar-refractivity contribution in [2.75, 3.05) is 23.3 Å². The Bertz CT molecular complexity index is 482. The van der Waals surface area contributed by atoms with Gasteiger partial charge in [0.25, 0.3) is 0 Å². The van der Waals surface area contributed by atoms with Gasteiger partial charge in [-0.3, -0.25) is 4.79 Å². The van der Waals surface area contributed by atoms with Gasteiger partial charge in [-0.2, -0.15) is 0 Å². The van der Waals surface area contributed by atoms with E-state index in [1.54, 1.807) is 0 Å². The Morgan fingerprint density at radius 3 is 2.89 bits per heavy atom. The Hall–Kier alpha value is -1.55. The molecular weight excluding hydrogens is 226 g/mol. The molecule has 96 valence electrons. The third kappa shape index (κ3) is 1.97. The van der Waals surface area contributed by atoms with Crippen LogP contribution in [0.4, 0.5) is 11.4 Å². The molecule has 1 aliphatic carbocycles. The van der Waals surface area contributed by atoms with E-state index in [0.717, 1.165) is 30.3 Å². The number of nitrogens with two attached hydrogens (primary N) is 1. The topological polar surface area (TPSA) is 58.4 Å². The summed E-state index contributed by atoms with van der Waals surface area (Å²) in [6, 6.07) is 5.59. The molecule has 0 spiro atoms. The summed E-state index contributed by atoms with van der Waals surface area (Å²) in [6.45, 7) is 4.28. The number of carbonyl (C=O) groups is 1. The predicted octanol–water partition coefficient (Wildman–Crippen LogP) is 1.87. The third-order valence-corrected chi connectivity index (χ3v) is 3.83. The van der Waals surface area contributed by atoms with Gasteiger partial charge in [0.15, 0.2) is 0 Å². The molecule has 4 heteroatoms. The van der Waals surface area contributed by atoms with Crippen LogP contribution in [0.2, 0.25) is 0 Å². The second-order valence-corrected chi connectivity index (χ2v) is 5.22. The highest BCUT2D eigenvalue weighted by Crippen LogP contribution is 2.35. The molecule has 1 atom stereocenters. The predicted molar refractivity (Wildman–Crippen MR) is 72.6 cm³/mol. The van der Waals surface area contributed by atoms with E-state index in [9.17, 15) is 4.79 Å². The Morgan fingerprint density at radius 2 is 2.22 bits per heavy atom. The average Bonchev–Trinajstić information content (AvgIpc) is 3.14. The van der Waals surface area contributed by atoms with Crippen LogP contribution in [0, 0.1) is 5.92 Å². The van der Waals surface area contributed by atoms with Crippen molar-refractivity contribution in [3.8, 4) is 0 Å². The lowest BCUT2D eigenvalue weighted by atomic mass is 10.1. The Kier molecular flexibility index (Phi) is 2.74. The molecule has 3 N–H and O–H groups in total. The highest BCUT2D eigenvalue weighted by atomic mass is 16.2. The van der Waals surface area contributed by atoms with Crippen LogP contribution in [0.3, 0.4) is 0 Å². The fraction of sp³-hybridized carbons (Fsp3) is 0.500. The third-order valence-electron chi connectivity index (χ3n) is 3.83. The van der Waals surface area contributed by atoms with Gasteiger partial charge in [0, 0.05) is 30.0 Å². The van der Waals surface area contributed by atoms with Crippen LogP contribution < -0.4 is 16.0 Å². The molecule has 4 nitrogen and oxygen atoms in total. The van der Waals surface area contributed by atoms with Crippen molar-refractivity contribution < 1.29 is 4.79 Å². The minimum absolute atomic E-state index is 0.104. The zero-order valence-electron chi connectivity index (χ0n) is 10.6. The molecule has 1 saturated carbocycles. The number of nitrogens with one attached hydrogen (secondary N) is 1. The maximum Gasteiger partial charge on any atom is 0.245 e. The normalized spacial score (nSPS) is 21.7. The van der Waals surface area contributed by atoms with Crippen molar-refractivity contribution >= 4 is 17.3 Å². The van der Waals surface area contributed by atoms with Crippen LogP contribution in [0.25, 0.3) is 0 Å². The maximum atomic E-state index is 11.5. The lowest BCUT2D eigenvalue weighted by Crippen LogP contribution is -2.25. The first-order valence-electron chi connectivity index (χ1n) is 6.64. The van der Waals surface area contributed by atoms with Gasteiger partial charge < -0.3 is 16.0 Å². The van der Waals surface area contributed by atoms with Crippen molar-refractivity contribution in [3.63, 3.8) is 0 Å². The SMILES string of the molecule is CCN(CC1CC1)c1ccc2c(c1)NC(=O)C2N. The summed E-state index contributed by atoms with van der Waals surface area (Å²) in [7, 11) is 0. The second kappa shape index (κ2) is 4.28. The summed E-state index contributed by atoms with van der Waals surface area (Å²) in [5.74, 6) is 0.752. The number of fused-ring (bicyclic) bond motifs is 1. The number of rotatable bonds is 4. The molecule has 1 aromatic carbocycles. The van der Waals surface area contributed by atoms with E-state index >= 15 is 0 Å². The van der Waals surface area contributed by atoms with Gasteiger partial charge in [-0.05, 0) is 37.8 Å². The van der Waals surface area contributed by atoms with Crippen molar-refractivity contribution in [2.45, 2.75) is 25.8 Å². The molecule has 2 aliphatic rings. The van der Waals surface area contributed by atoms with Gasteiger partial charge in [-0.1, -0.05) is 6.07 Å². The van der Waals surface area contributed by atoms with E-state index in [4.69, 9.17) is 5.73 Å². The number of amides is 1. The van der Waals surface area contributed by atoms with Crippen molar-refractivity contribution in [2.24, 2.45) is 11.7 Å². The minimum atomic E-state index is -0.507. The number of carbonyl (C=O) groups excluding carboxylic acids is 1. The van der Waals surface area contributed by atoms with Crippen molar-refractivity contribution in [1.29, 1.82) is 0 Å². The van der Waals surface area contributed by atoms with Gasteiger partial charge in [-0.15, -0.1) is 0 Å². The molecule has 0 aromatic heterocycles. The molecule has 1 unspecified atom stereocenters. The fourth-order valence-electron chi connectivity index (χ4n) is 2.50. The quantitative estimate of drug-likeness (QED) is 0.851. The summed E-state index contributed by atoms with van der Waals surface area (Å²) >= 11 is 0. The smallest absolute Gasteiger partial charge is 0.245 e. The molecule has 1 aliphatic heterocycles. The Labute approximate surface area is 107 Å². The highest BCUT2D eigenvalue weighted by molar-refractivity contribution is 6.02. The van der Waals surface area contributed by atoms with E-state index in [2.05, 4.69) is 23.2 Å². The van der Waals surface area contributed by atoms with Crippen LogP contribution in [0.15, 0.2) is 18.2 Å². The van der Waals surface area contributed by atoms with Gasteiger partial charge in [0.2, 0.25) is 5.91 Å². The molecule has 1 amide bonds. The van der Waals surface area contributed by atoms with Crippen LogP contribution in [-0.2, 0) is 4.79 Å². The van der Waals surface area contributed by atoms with Crippen LogP contribution in [-0.4, -0.2) is 19.0 Å². The molecule has 18 heavy (non-hydrogen) atoms. The molecule has 0 bridgehead atoms. The molecule has 1 heterocycles. The summed E-state index contributed by atoms with van der Waals surface area (Å²) in [5, 5.41) is 2.84. The average molecular weight is 245 g/mol. The van der Waals surface area contributed by atoms with Crippen molar-refractivity contribution in [3.05, 3.63) is 23.8 Å². The van der Waals surface area contributed by atoms with Gasteiger partial charge in [0.05, 0.1) is 0 Å². The number of hydrogen-bond acceptors (Lipinski definition) is 3. The zero-order valence-corrected chi connectivity index (χ0v) is 10.6. The molecule has 1 aromatic rings. The first-order valence-corrected chi connectivity index (χ1v) is 6.64. The first-order chi connectivity index (χ1) is 8.69. The van der Waals surface area contributed by atoms with E-state index in [-0.39, 0.29) is 5.91 Å². The van der Waals surface area contributed by atoms with E-state index < -0.39 is 6.04 Å². The Balaban J connectivity index is 1.85. The number of anilines is 2. The minimum Gasteiger partial charge on any atom is -0.371 e. The second-order valence-electron chi connectivity index (χ2n) is 5.22. The van der Waals surface area contributed by atoms with Gasteiger partial charge in [-0.25, -0.2) is 0 Å². The summed E-state index contributed by atoms with van der Waals surface area (Å²) < 4.78 is 0. The van der Waals surface area contributed by atoms with Crippen molar-refractivity contribution in [1.82, 2.24) is 0 Å². The van der Waals surface area contributed by atoms with Gasteiger partial charge in [0.1, 0.15) is 6.04 Å². The summed E-state index contributed by atoms with van der Waals surface area (Å²) in [5.41, 5.74) is 8.77. The van der Waals surface area contributed by atoms with Gasteiger partial charge >= 0.3 is 0 Å². The molecule has 0 radical (unpaired) electrons.